The number of carbonyl (C=O) groups excluding carboxylic acids is 1. The van der Waals surface area contributed by atoms with Crippen LogP contribution in [-0.2, 0) is 11.2 Å². The van der Waals surface area contributed by atoms with E-state index in [0.717, 1.165) is 40.5 Å². The molecule has 0 spiro atoms. The van der Waals surface area contributed by atoms with Crippen LogP contribution in [0.25, 0.3) is 11.8 Å². The van der Waals surface area contributed by atoms with Gasteiger partial charge in [-0.25, -0.2) is 4.99 Å². The highest BCUT2D eigenvalue weighted by Gasteiger charge is 2.24. The predicted octanol–water partition coefficient (Wildman–Crippen LogP) is 5.95. The molecule has 1 aliphatic rings. The molecule has 6 heteroatoms. The summed E-state index contributed by atoms with van der Waals surface area (Å²) in [4.78, 5) is 17.8. The van der Waals surface area contributed by atoms with Gasteiger partial charge in [-0.15, -0.1) is 0 Å². The van der Waals surface area contributed by atoms with Gasteiger partial charge in [-0.05, 0) is 98.6 Å². The maximum atomic E-state index is 12.5. The van der Waals surface area contributed by atoms with Crippen molar-refractivity contribution in [3.8, 4) is 11.4 Å². The van der Waals surface area contributed by atoms with Gasteiger partial charge in [-0.3, -0.25) is 4.79 Å². The van der Waals surface area contributed by atoms with Crippen LogP contribution < -0.4 is 10.1 Å². The molecule has 32 heavy (non-hydrogen) atoms. The van der Waals surface area contributed by atoms with E-state index in [0.29, 0.717) is 16.7 Å². The summed E-state index contributed by atoms with van der Waals surface area (Å²) in [7, 11) is 0. The average molecular weight is 446 g/mol. The number of hydrogen-bond acceptors (Lipinski definition) is 4. The Morgan fingerprint density at radius 2 is 1.78 bits per heavy atom. The van der Waals surface area contributed by atoms with E-state index in [1.54, 1.807) is 0 Å². The fourth-order valence-electron chi connectivity index (χ4n) is 3.73. The Morgan fingerprint density at radius 1 is 1.06 bits per heavy atom. The zero-order valence-corrected chi connectivity index (χ0v) is 19.6. The molecule has 5 nitrogen and oxygen atoms in total. The van der Waals surface area contributed by atoms with Gasteiger partial charge in [0.15, 0.2) is 5.17 Å². The maximum Gasteiger partial charge on any atom is 0.264 e. The van der Waals surface area contributed by atoms with Crippen LogP contribution in [0, 0.1) is 13.8 Å². The smallest absolute Gasteiger partial charge is 0.264 e. The summed E-state index contributed by atoms with van der Waals surface area (Å²) >= 11 is 1.37. The lowest BCUT2D eigenvalue weighted by Gasteiger charge is -2.11. The third-order valence-corrected chi connectivity index (χ3v) is 6.30. The van der Waals surface area contributed by atoms with Crippen molar-refractivity contribution in [3.63, 3.8) is 0 Å². The average Bonchev–Trinajstić information content (AvgIpc) is 3.27. The van der Waals surface area contributed by atoms with Gasteiger partial charge in [-0.2, -0.15) is 0 Å². The van der Waals surface area contributed by atoms with Crippen molar-refractivity contribution in [2.45, 2.75) is 34.1 Å². The summed E-state index contributed by atoms with van der Waals surface area (Å²) in [5.74, 6) is 0.737. The molecule has 4 rings (SSSR count). The van der Waals surface area contributed by atoms with Crippen LogP contribution in [0.1, 0.15) is 36.4 Å². The van der Waals surface area contributed by atoms with E-state index in [1.807, 2.05) is 49.4 Å². The molecule has 1 aliphatic heterocycles. The first-order valence-electron chi connectivity index (χ1n) is 10.8. The number of ether oxygens (including phenoxy) is 1. The largest absolute Gasteiger partial charge is 0.494 e. The summed E-state index contributed by atoms with van der Waals surface area (Å²) in [5, 5.41) is 3.48. The molecule has 0 bridgehead atoms. The predicted molar refractivity (Wildman–Crippen MR) is 133 cm³/mol. The molecule has 0 aliphatic carbocycles. The van der Waals surface area contributed by atoms with Crippen LogP contribution >= 0.6 is 11.8 Å². The second-order valence-electron chi connectivity index (χ2n) is 7.59. The number of rotatable bonds is 6. The Bertz CT molecular complexity index is 1190. The highest BCUT2D eigenvalue weighted by Crippen LogP contribution is 2.31. The van der Waals surface area contributed by atoms with Crippen LogP contribution in [0.5, 0.6) is 5.75 Å². The quantitative estimate of drug-likeness (QED) is 0.477. The van der Waals surface area contributed by atoms with Crippen LogP contribution in [0.2, 0.25) is 0 Å². The zero-order chi connectivity index (χ0) is 22.7. The molecule has 0 atom stereocenters. The highest BCUT2D eigenvalue weighted by atomic mass is 32.2. The Kier molecular flexibility index (Phi) is 6.51. The van der Waals surface area contributed by atoms with Gasteiger partial charge in [0.1, 0.15) is 5.75 Å². The van der Waals surface area contributed by atoms with Crippen molar-refractivity contribution < 1.29 is 9.53 Å². The summed E-state index contributed by atoms with van der Waals surface area (Å²) < 4.78 is 7.73. The molecule has 2 aromatic carbocycles. The Labute approximate surface area is 193 Å². The number of aliphatic imine (C=N–C) groups is 1. The van der Waals surface area contributed by atoms with E-state index in [9.17, 15) is 4.79 Å². The van der Waals surface area contributed by atoms with Crippen LogP contribution in [0.3, 0.4) is 0 Å². The van der Waals surface area contributed by atoms with Gasteiger partial charge >= 0.3 is 0 Å². The van der Waals surface area contributed by atoms with Crippen molar-refractivity contribution in [3.05, 3.63) is 82.0 Å². The first-order valence-corrected chi connectivity index (χ1v) is 11.6. The lowest BCUT2D eigenvalue weighted by Crippen LogP contribution is -2.19. The van der Waals surface area contributed by atoms with Crippen molar-refractivity contribution in [2.75, 3.05) is 6.61 Å². The molecule has 1 saturated heterocycles. The van der Waals surface area contributed by atoms with E-state index in [2.05, 4.69) is 53.8 Å². The topological polar surface area (TPSA) is 55.6 Å². The fraction of sp³-hybridized carbons (Fsp3) is 0.231. The molecule has 164 valence electrons. The minimum Gasteiger partial charge on any atom is -0.494 e. The van der Waals surface area contributed by atoms with Gasteiger partial charge in [0.05, 0.1) is 17.2 Å². The number of carbonyl (C=O) groups is 1. The molecule has 0 unspecified atom stereocenters. The van der Waals surface area contributed by atoms with E-state index >= 15 is 0 Å². The zero-order valence-electron chi connectivity index (χ0n) is 18.8. The molecule has 1 fully saturated rings. The molecule has 1 N–H and O–H groups in total. The standard InChI is InChI=1S/C26H27N3O2S/c1-5-19-7-9-21(10-8-19)27-26-28-25(30)24(32-26)16-20-15-17(3)29(18(20)4)22-11-13-23(14-12-22)31-6-2/h7-16H,5-6H2,1-4H3,(H,27,28,30)/b24-16-. The molecule has 3 aromatic rings. The van der Waals surface area contributed by atoms with E-state index in [-0.39, 0.29) is 5.91 Å². The first-order chi connectivity index (χ1) is 15.5. The molecule has 1 amide bonds. The number of amides is 1. The van der Waals surface area contributed by atoms with Gasteiger partial charge in [0.25, 0.3) is 5.91 Å². The number of aryl methyl sites for hydroxylation is 2. The summed E-state index contributed by atoms with van der Waals surface area (Å²) in [6.45, 7) is 8.88. The molecule has 0 radical (unpaired) electrons. The lowest BCUT2D eigenvalue weighted by atomic mass is 10.2. The Hall–Kier alpha value is -3.25. The van der Waals surface area contributed by atoms with E-state index < -0.39 is 0 Å². The monoisotopic (exact) mass is 445 g/mol. The second-order valence-corrected chi connectivity index (χ2v) is 8.62. The molecular weight excluding hydrogens is 418 g/mol. The first kappa shape index (κ1) is 22.0. The Balaban J connectivity index is 1.58. The number of hydrogen-bond donors (Lipinski definition) is 1. The summed E-state index contributed by atoms with van der Waals surface area (Å²) in [6.07, 6.45) is 2.93. The van der Waals surface area contributed by atoms with Gasteiger partial charge < -0.3 is 14.6 Å². The van der Waals surface area contributed by atoms with Gasteiger partial charge in [0.2, 0.25) is 0 Å². The number of nitrogens with one attached hydrogen (secondary N) is 1. The van der Waals surface area contributed by atoms with E-state index in [4.69, 9.17) is 4.74 Å². The Morgan fingerprint density at radius 3 is 2.44 bits per heavy atom. The van der Waals surface area contributed by atoms with Crippen molar-refractivity contribution in [2.24, 2.45) is 4.99 Å². The van der Waals surface area contributed by atoms with Crippen LogP contribution in [0.15, 0.2) is 64.5 Å². The summed E-state index contributed by atoms with van der Waals surface area (Å²) in [6, 6.07) is 18.2. The van der Waals surface area contributed by atoms with Crippen molar-refractivity contribution in [1.29, 1.82) is 0 Å². The third kappa shape index (κ3) is 4.65. The lowest BCUT2D eigenvalue weighted by molar-refractivity contribution is -0.115. The molecule has 2 heterocycles. The number of nitrogens with zero attached hydrogens (tertiary/aromatic N) is 2. The molecule has 0 saturated carbocycles. The highest BCUT2D eigenvalue weighted by molar-refractivity contribution is 8.18. The van der Waals surface area contributed by atoms with Gasteiger partial charge in [0, 0.05) is 17.1 Å². The summed E-state index contributed by atoms with van der Waals surface area (Å²) in [5.41, 5.74) is 6.36. The second kappa shape index (κ2) is 9.49. The van der Waals surface area contributed by atoms with Gasteiger partial charge in [-0.1, -0.05) is 19.1 Å². The number of benzene rings is 2. The van der Waals surface area contributed by atoms with Crippen LogP contribution in [0.4, 0.5) is 5.69 Å². The molecular formula is C26H27N3O2S. The number of amidine groups is 1. The minimum atomic E-state index is -0.121. The van der Waals surface area contributed by atoms with Crippen molar-refractivity contribution >= 4 is 34.6 Å². The molecule has 1 aromatic heterocycles. The normalized spacial score (nSPS) is 16.1. The van der Waals surface area contributed by atoms with Crippen LogP contribution in [-0.4, -0.2) is 22.2 Å². The third-order valence-electron chi connectivity index (χ3n) is 5.39. The van der Waals surface area contributed by atoms with Crippen molar-refractivity contribution in [1.82, 2.24) is 9.88 Å². The number of thioether (sulfide) groups is 1. The maximum absolute atomic E-state index is 12.5. The number of aromatic nitrogens is 1. The fourth-order valence-corrected chi connectivity index (χ4v) is 4.57. The SMILES string of the molecule is CCOc1ccc(-n2c(C)cc(/C=C3\SC(=Nc4ccc(CC)cc4)NC3=O)c2C)cc1. The van der Waals surface area contributed by atoms with E-state index in [1.165, 1.54) is 17.3 Å². The minimum absolute atomic E-state index is 0.121.